The van der Waals surface area contributed by atoms with Crippen LogP contribution < -0.4 is 29.6 Å². The predicted octanol–water partition coefficient (Wildman–Crippen LogP) is -0.966. The molecular weight excluding hydrogens is 352 g/mol. The maximum Gasteiger partial charge on any atom is 1.00 e. The van der Waals surface area contributed by atoms with E-state index in [0.29, 0.717) is 5.56 Å². The third-order valence-corrected chi connectivity index (χ3v) is 1.26. The van der Waals surface area contributed by atoms with E-state index >= 15 is 0 Å². The molecule has 1 radical (unpaired) electrons. The summed E-state index contributed by atoms with van der Waals surface area (Å²) < 4.78 is 0. The Balaban J connectivity index is -0.000000270. The van der Waals surface area contributed by atoms with Crippen LogP contribution in [0.4, 0.5) is 0 Å². The molecule has 1 rings (SSSR count). The van der Waals surface area contributed by atoms with Crippen molar-refractivity contribution in [3.05, 3.63) is 35.9 Å². The molecule has 1 aromatic carbocycles. The van der Waals surface area contributed by atoms with Gasteiger partial charge in [-0.05, 0) is 12.2 Å². The maximum atomic E-state index is 8.76. The summed E-state index contributed by atoms with van der Waals surface area (Å²) >= 11 is 4.52. The van der Waals surface area contributed by atoms with Crippen LogP contribution >= 0.6 is 12.2 Å². The van der Waals surface area contributed by atoms with Crippen LogP contribution in [-0.2, 0) is 22.4 Å². The third-order valence-electron chi connectivity index (χ3n) is 1.02. The Morgan fingerprint density at radius 1 is 1.27 bits per heavy atom. The van der Waals surface area contributed by atoms with Crippen molar-refractivity contribution in [2.24, 2.45) is 0 Å². The van der Waals surface area contributed by atoms with Gasteiger partial charge in [-0.3, -0.25) is 0 Å². The van der Waals surface area contributed by atoms with Crippen LogP contribution in [0.1, 0.15) is 6.99 Å². The van der Waals surface area contributed by atoms with Crippen LogP contribution in [0.2, 0.25) is 0 Å². The van der Waals surface area contributed by atoms with E-state index < -0.39 is 0 Å². The Hall–Kier alpha value is 0.850. The molecule has 1 N–H and O–H groups in total. The van der Waals surface area contributed by atoms with Gasteiger partial charge in [0.15, 0.2) is 5.05 Å². The summed E-state index contributed by atoms with van der Waals surface area (Å²) in [7, 11) is 0. The van der Waals surface area contributed by atoms with Gasteiger partial charge in [0, 0.05) is 27.9 Å². The Labute approximate surface area is 110 Å². The van der Waals surface area contributed by atoms with Gasteiger partial charge in [0.25, 0.3) is 0 Å². The topological polar surface area (TPSA) is 20.2 Å². The number of hydrogen-bond donors (Lipinski definition) is 1. The van der Waals surface area contributed by atoms with Gasteiger partial charge in [-0.2, -0.15) is 0 Å². The Kier molecular flexibility index (Phi) is 9.80. The number of rotatable bonds is 1. The van der Waals surface area contributed by atoms with Crippen molar-refractivity contribution in [3.8, 4) is 0 Å². The van der Waals surface area contributed by atoms with Crippen molar-refractivity contribution in [2.75, 3.05) is 0 Å². The fourth-order valence-corrected chi connectivity index (χ4v) is 0.717. The zero-order valence-electron chi connectivity index (χ0n) is 7.04. The van der Waals surface area contributed by atoms with Crippen LogP contribution in [0.3, 0.4) is 0 Å². The fourth-order valence-electron chi connectivity index (χ4n) is 0.581. The van der Waals surface area contributed by atoms with E-state index in [0.717, 1.165) is 0 Å². The summed E-state index contributed by atoms with van der Waals surface area (Å²) in [5, 5.41) is 8.71. The molecule has 0 fully saturated rings. The average Bonchev–Trinajstić information content (AvgIpc) is 1.90. The molecule has 0 atom stereocenters. The van der Waals surface area contributed by atoms with E-state index in [2.05, 4.69) is 12.2 Å². The van der Waals surface area contributed by atoms with Gasteiger partial charge >= 0.3 is 29.6 Å². The SMILES string of the molecule is OC(=S)c1ccccc1.[Au].[H-].[Na+]. The second kappa shape index (κ2) is 7.50. The normalized spacial score (nSPS) is 7.27. The summed E-state index contributed by atoms with van der Waals surface area (Å²) in [4.78, 5) is 0. The van der Waals surface area contributed by atoms with Crippen molar-refractivity contribution in [1.29, 1.82) is 0 Å². The van der Waals surface area contributed by atoms with E-state index in [9.17, 15) is 0 Å². The van der Waals surface area contributed by atoms with Crippen LogP contribution in [-0.4, -0.2) is 10.2 Å². The van der Waals surface area contributed by atoms with Crippen molar-refractivity contribution in [2.45, 2.75) is 0 Å². The summed E-state index contributed by atoms with van der Waals surface area (Å²) in [6, 6.07) is 9.07. The van der Waals surface area contributed by atoms with Crippen LogP contribution in [0.5, 0.6) is 0 Å². The quantitative estimate of drug-likeness (QED) is 0.515. The smallest absolute Gasteiger partial charge is 1.00 e. The fraction of sp³-hybridized carbons (Fsp3) is 0. The summed E-state index contributed by atoms with van der Waals surface area (Å²) in [6.07, 6.45) is 0. The number of thiocarbonyl (C=S) groups is 1. The molecule has 11 heavy (non-hydrogen) atoms. The minimum atomic E-state index is -0.0457. The van der Waals surface area contributed by atoms with Crippen molar-refractivity contribution >= 4 is 17.3 Å². The molecule has 1 nitrogen and oxygen atoms in total. The standard InChI is InChI=1S/C7H6OS.Au.Na.H/c8-7(9)6-4-2-1-3-5-6;;;/h1-5H,(H,8,9);;;/q;;+1;-1. The monoisotopic (exact) mass is 359 g/mol. The first-order valence-corrected chi connectivity index (χ1v) is 3.00. The second-order valence-electron chi connectivity index (χ2n) is 1.67. The second-order valence-corrected chi connectivity index (χ2v) is 2.06. The van der Waals surface area contributed by atoms with Crippen LogP contribution in [0, 0.1) is 0 Å². The summed E-state index contributed by atoms with van der Waals surface area (Å²) in [5.41, 5.74) is 0.701. The molecule has 0 aromatic heterocycles. The summed E-state index contributed by atoms with van der Waals surface area (Å²) in [5.74, 6) is 0. The van der Waals surface area contributed by atoms with Gasteiger partial charge in [-0.25, -0.2) is 0 Å². The molecule has 0 unspecified atom stereocenters. The molecule has 1 aromatic rings. The molecule has 0 heterocycles. The number of hydrogen-bond acceptors (Lipinski definition) is 1. The van der Waals surface area contributed by atoms with E-state index in [1.807, 2.05) is 18.2 Å². The maximum absolute atomic E-state index is 8.76. The van der Waals surface area contributed by atoms with E-state index in [-0.39, 0.29) is 58.4 Å². The predicted molar refractivity (Wildman–Crippen MR) is 41.9 cm³/mol. The van der Waals surface area contributed by atoms with Crippen LogP contribution in [0.15, 0.2) is 30.3 Å². The van der Waals surface area contributed by atoms with Gasteiger partial charge in [-0.1, -0.05) is 30.3 Å². The molecule has 0 aliphatic heterocycles. The first-order valence-electron chi connectivity index (χ1n) is 2.59. The Morgan fingerprint density at radius 2 is 1.73 bits per heavy atom. The average molecular weight is 359 g/mol. The minimum Gasteiger partial charge on any atom is -1.00 e. The van der Waals surface area contributed by atoms with Crippen molar-refractivity contribution in [3.63, 3.8) is 0 Å². The van der Waals surface area contributed by atoms with Gasteiger partial charge in [-0.15, -0.1) is 0 Å². The van der Waals surface area contributed by atoms with Gasteiger partial charge < -0.3 is 6.53 Å². The zero-order valence-corrected chi connectivity index (χ0v) is 11.0. The zero-order chi connectivity index (χ0) is 6.69. The van der Waals surface area contributed by atoms with Gasteiger partial charge in [0.1, 0.15) is 0 Å². The molecule has 4 heteroatoms. The number of aliphatic hydroxyl groups excluding tert-OH is 1. The van der Waals surface area contributed by atoms with Crippen molar-refractivity contribution < 1.29 is 58.5 Å². The molecular formula is C7H7AuNaOS. The molecule has 0 bridgehead atoms. The van der Waals surface area contributed by atoms with E-state index in [4.69, 9.17) is 5.11 Å². The molecule has 0 spiro atoms. The molecule has 0 aliphatic rings. The van der Waals surface area contributed by atoms with Crippen LogP contribution in [0.25, 0.3) is 0 Å². The Morgan fingerprint density at radius 3 is 2.00 bits per heavy atom. The third kappa shape index (κ3) is 5.15. The largest absolute Gasteiger partial charge is 1.00 e. The first-order chi connectivity index (χ1) is 4.30. The van der Waals surface area contributed by atoms with E-state index in [1.165, 1.54) is 0 Å². The molecule has 59 valence electrons. The molecule has 0 amide bonds. The van der Waals surface area contributed by atoms with E-state index in [1.54, 1.807) is 12.1 Å². The summed E-state index contributed by atoms with van der Waals surface area (Å²) in [6.45, 7) is 0. The van der Waals surface area contributed by atoms with Gasteiger partial charge in [0.05, 0.1) is 0 Å². The number of benzene rings is 1. The van der Waals surface area contributed by atoms with Gasteiger partial charge in [0.2, 0.25) is 0 Å². The molecule has 0 saturated heterocycles. The number of aliphatic hydroxyl groups is 1. The van der Waals surface area contributed by atoms with Crippen molar-refractivity contribution in [1.82, 2.24) is 0 Å². The Bertz CT molecular complexity index is 220. The first kappa shape index (κ1) is 14.4. The molecule has 0 saturated carbocycles. The minimum absolute atomic E-state index is 0. The molecule has 0 aliphatic carbocycles.